The maximum atomic E-state index is 11.4. The molecule has 0 aromatic carbocycles. The fourth-order valence-electron chi connectivity index (χ4n) is 1.60. The zero-order valence-electron chi connectivity index (χ0n) is 9.72. The normalized spacial score (nSPS) is 20.1. The van der Waals surface area contributed by atoms with Gasteiger partial charge < -0.3 is 20.8 Å². The van der Waals surface area contributed by atoms with E-state index in [1.807, 2.05) is 0 Å². The van der Waals surface area contributed by atoms with E-state index >= 15 is 0 Å². The Morgan fingerprint density at radius 2 is 2.06 bits per heavy atom. The summed E-state index contributed by atoms with van der Waals surface area (Å²) >= 11 is 1.77. The Balaban J connectivity index is 2.31. The van der Waals surface area contributed by atoms with E-state index in [1.165, 1.54) is 0 Å². The van der Waals surface area contributed by atoms with Crippen LogP contribution in [0.1, 0.15) is 19.3 Å². The first kappa shape index (κ1) is 14.6. The second kappa shape index (κ2) is 7.10. The van der Waals surface area contributed by atoms with Gasteiger partial charge in [-0.3, -0.25) is 4.79 Å². The number of carboxylic acid groups (broad SMARTS) is 2. The second-order valence-electron chi connectivity index (χ2n) is 3.98. The smallest absolute Gasteiger partial charge is 0.326 e. The predicted molar refractivity (Wildman–Crippen MR) is 65.7 cm³/mol. The molecule has 0 radical (unpaired) electrons. The first-order chi connectivity index (χ1) is 8.49. The Bertz CT molecular complexity index is 330. The molecule has 0 aromatic rings. The van der Waals surface area contributed by atoms with Gasteiger partial charge in [-0.25, -0.2) is 9.59 Å². The van der Waals surface area contributed by atoms with E-state index in [1.54, 1.807) is 11.8 Å². The molecule has 2 unspecified atom stereocenters. The van der Waals surface area contributed by atoms with Crippen molar-refractivity contribution in [2.24, 2.45) is 0 Å². The largest absolute Gasteiger partial charge is 0.481 e. The van der Waals surface area contributed by atoms with Gasteiger partial charge in [0.1, 0.15) is 6.04 Å². The molecule has 1 heterocycles. The summed E-state index contributed by atoms with van der Waals surface area (Å²) in [4.78, 5) is 32.6. The highest BCUT2D eigenvalue weighted by Gasteiger charge is 2.23. The van der Waals surface area contributed by atoms with Crippen LogP contribution in [0.3, 0.4) is 0 Å². The molecule has 0 aliphatic carbocycles. The summed E-state index contributed by atoms with van der Waals surface area (Å²) in [6.45, 7) is 0.468. The van der Waals surface area contributed by atoms with Crippen LogP contribution in [0, 0.1) is 0 Å². The van der Waals surface area contributed by atoms with Crippen molar-refractivity contribution in [3.8, 4) is 0 Å². The first-order valence-electron chi connectivity index (χ1n) is 5.59. The Morgan fingerprint density at radius 3 is 2.56 bits per heavy atom. The van der Waals surface area contributed by atoms with E-state index in [9.17, 15) is 14.4 Å². The molecular weight excluding hydrogens is 260 g/mol. The number of amides is 2. The van der Waals surface area contributed by atoms with Crippen LogP contribution >= 0.6 is 11.8 Å². The molecule has 0 saturated carbocycles. The topological polar surface area (TPSA) is 116 Å². The van der Waals surface area contributed by atoms with Gasteiger partial charge in [-0.2, -0.15) is 11.8 Å². The SMILES string of the molecule is O=C(O)CC(NC(=O)NCC1CCCS1)C(=O)O. The Hall–Kier alpha value is -1.44. The van der Waals surface area contributed by atoms with Crippen LogP contribution in [-0.2, 0) is 9.59 Å². The number of rotatable bonds is 6. The molecule has 1 aliphatic rings. The highest BCUT2D eigenvalue weighted by Crippen LogP contribution is 2.25. The third-order valence-corrected chi connectivity index (χ3v) is 3.89. The molecule has 0 bridgehead atoms. The monoisotopic (exact) mass is 276 g/mol. The minimum atomic E-state index is -1.40. The molecule has 1 saturated heterocycles. The summed E-state index contributed by atoms with van der Waals surface area (Å²) in [5.74, 6) is -1.55. The summed E-state index contributed by atoms with van der Waals surface area (Å²) in [7, 11) is 0. The molecule has 0 spiro atoms. The van der Waals surface area contributed by atoms with Crippen LogP contribution in [0.25, 0.3) is 0 Å². The Labute approximate surface area is 108 Å². The Morgan fingerprint density at radius 1 is 1.33 bits per heavy atom. The molecule has 4 N–H and O–H groups in total. The Kier molecular flexibility index (Phi) is 5.76. The van der Waals surface area contributed by atoms with Crippen LogP contribution in [0.15, 0.2) is 0 Å². The fraction of sp³-hybridized carbons (Fsp3) is 0.700. The number of nitrogens with one attached hydrogen (secondary N) is 2. The number of carbonyl (C=O) groups excluding carboxylic acids is 1. The molecule has 1 aliphatic heterocycles. The summed E-state index contributed by atoms with van der Waals surface area (Å²) in [6, 6.07) is -2.05. The maximum Gasteiger partial charge on any atom is 0.326 e. The predicted octanol–water partition coefficient (Wildman–Crippen LogP) is 0.109. The molecule has 0 aromatic heterocycles. The molecule has 7 nitrogen and oxygen atoms in total. The average molecular weight is 276 g/mol. The summed E-state index contributed by atoms with van der Waals surface area (Å²) < 4.78 is 0. The molecule has 8 heteroatoms. The van der Waals surface area contributed by atoms with Gasteiger partial charge in [-0.15, -0.1) is 0 Å². The third kappa shape index (κ3) is 5.26. The van der Waals surface area contributed by atoms with Crippen LogP contribution in [0.5, 0.6) is 0 Å². The lowest BCUT2D eigenvalue weighted by Gasteiger charge is -2.15. The van der Waals surface area contributed by atoms with Gasteiger partial charge in [-0.05, 0) is 18.6 Å². The molecule has 1 fully saturated rings. The van der Waals surface area contributed by atoms with Crippen molar-refractivity contribution in [3.05, 3.63) is 0 Å². The highest BCUT2D eigenvalue weighted by atomic mass is 32.2. The van der Waals surface area contributed by atoms with Gasteiger partial charge >= 0.3 is 18.0 Å². The van der Waals surface area contributed by atoms with Crippen molar-refractivity contribution < 1.29 is 24.6 Å². The van der Waals surface area contributed by atoms with E-state index in [0.29, 0.717) is 11.8 Å². The fourth-order valence-corrected chi connectivity index (χ4v) is 2.80. The molecular formula is C10H16N2O5S. The molecule has 2 amide bonds. The van der Waals surface area contributed by atoms with E-state index in [0.717, 1.165) is 18.6 Å². The van der Waals surface area contributed by atoms with Crippen molar-refractivity contribution in [3.63, 3.8) is 0 Å². The number of urea groups is 1. The van der Waals surface area contributed by atoms with Gasteiger partial charge in [0.2, 0.25) is 0 Å². The van der Waals surface area contributed by atoms with Crippen molar-refractivity contribution in [2.75, 3.05) is 12.3 Å². The molecule has 1 rings (SSSR count). The lowest BCUT2D eigenvalue weighted by Crippen LogP contribution is -2.48. The molecule has 102 valence electrons. The van der Waals surface area contributed by atoms with Crippen LogP contribution in [0.2, 0.25) is 0 Å². The quantitative estimate of drug-likeness (QED) is 0.547. The minimum absolute atomic E-state index is 0.360. The van der Waals surface area contributed by atoms with E-state index in [-0.39, 0.29) is 0 Å². The molecule has 18 heavy (non-hydrogen) atoms. The van der Waals surface area contributed by atoms with Crippen molar-refractivity contribution in [2.45, 2.75) is 30.6 Å². The summed E-state index contributed by atoms with van der Waals surface area (Å²) in [6.07, 6.45) is 1.51. The minimum Gasteiger partial charge on any atom is -0.481 e. The van der Waals surface area contributed by atoms with E-state index in [4.69, 9.17) is 10.2 Å². The number of thioether (sulfide) groups is 1. The molecule has 2 atom stereocenters. The number of hydrogen-bond donors (Lipinski definition) is 4. The van der Waals surface area contributed by atoms with Crippen LogP contribution in [-0.4, -0.2) is 51.8 Å². The maximum absolute atomic E-state index is 11.4. The van der Waals surface area contributed by atoms with Crippen molar-refractivity contribution in [1.82, 2.24) is 10.6 Å². The second-order valence-corrected chi connectivity index (χ2v) is 5.39. The van der Waals surface area contributed by atoms with Gasteiger partial charge in [-0.1, -0.05) is 0 Å². The lowest BCUT2D eigenvalue weighted by atomic mass is 10.2. The number of carbonyl (C=O) groups is 3. The van der Waals surface area contributed by atoms with Crippen LogP contribution in [0.4, 0.5) is 4.79 Å². The van der Waals surface area contributed by atoms with Crippen molar-refractivity contribution >= 4 is 29.7 Å². The third-order valence-electron chi connectivity index (χ3n) is 2.50. The van der Waals surface area contributed by atoms with Gasteiger partial charge in [0.05, 0.1) is 6.42 Å². The lowest BCUT2D eigenvalue weighted by molar-refractivity contribution is -0.145. The average Bonchev–Trinajstić information content (AvgIpc) is 2.77. The van der Waals surface area contributed by atoms with Gasteiger partial charge in [0, 0.05) is 11.8 Å². The summed E-state index contributed by atoms with van der Waals surface area (Å²) in [5, 5.41) is 22.3. The number of carboxylic acids is 2. The van der Waals surface area contributed by atoms with Crippen LogP contribution < -0.4 is 10.6 Å². The highest BCUT2D eigenvalue weighted by molar-refractivity contribution is 8.00. The van der Waals surface area contributed by atoms with Gasteiger partial charge in [0.15, 0.2) is 0 Å². The zero-order chi connectivity index (χ0) is 13.5. The number of hydrogen-bond acceptors (Lipinski definition) is 4. The van der Waals surface area contributed by atoms with E-state index < -0.39 is 30.4 Å². The first-order valence-corrected chi connectivity index (χ1v) is 6.64. The standard InChI is InChI=1S/C10H16N2O5S/c13-8(14)4-7(9(15)16)12-10(17)11-5-6-2-1-3-18-6/h6-7H,1-5H2,(H,13,14)(H,15,16)(H2,11,12,17). The summed E-state index contributed by atoms with van der Waals surface area (Å²) in [5.41, 5.74) is 0. The van der Waals surface area contributed by atoms with E-state index in [2.05, 4.69) is 10.6 Å². The zero-order valence-corrected chi connectivity index (χ0v) is 10.5. The number of aliphatic carboxylic acids is 2. The van der Waals surface area contributed by atoms with Crippen molar-refractivity contribution in [1.29, 1.82) is 0 Å². The van der Waals surface area contributed by atoms with Gasteiger partial charge in [0.25, 0.3) is 0 Å².